The molecule has 1 aromatic carbocycles. The number of nitrogens with zero attached hydrogens (tertiary/aromatic N) is 1. The van der Waals surface area contributed by atoms with Crippen LogP contribution in [0.4, 0.5) is 0 Å². The van der Waals surface area contributed by atoms with E-state index in [2.05, 4.69) is 9.97 Å². The number of aromatic amines is 1. The van der Waals surface area contributed by atoms with Crippen molar-refractivity contribution in [2.75, 3.05) is 7.11 Å². The highest BCUT2D eigenvalue weighted by Crippen LogP contribution is 2.19. The monoisotopic (exact) mass is 272 g/mol. The molecule has 0 aliphatic rings. The van der Waals surface area contributed by atoms with Gasteiger partial charge in [0, 0.05) is 17.9 Å². The molecule has 2 rings (SSSR count). The van der Waals surface area contributed by atoms with E-state index in [1.165, 1.54) is 0 Å². The minimum absolute atomic E-state index is 0.108. The predicted octanol–water partition coefficient (Wildman–Crippen LogP) is 2.67. The summed E-state index contributed by atoms with van der Waals surface area (Å²) < 4.78 is 5.20. The van der Waals surface area contributed by atoms with Crippen LogP contribution in [0.2, 0.25) is 0 Å². The maximum Gasteiger partial charge on any atom is 0.251 e. The molecule has 0 atom stereocenters. The summed E-state index contributed by atoms with van der Waals surface area (Å²) in [5, 5.41) is 0. The van der Waals surface area contributed by atoms with Gasteiger partial charge in [-0.3, -0.25) is 4.79 Å². The molecule has 0 aliphatic carbocycles. The summed E-state index contributed by atoms with van der Waals surface area (Å²) in [6.07, 6.45) is 0.580. The Morgan fingerprint density at radius 1 is 1.25 bits per heavy atom. The van der Waals surface area contributed by atoms with Gasteiger partial charge in [-0.05, 0) is 17.7 Å². The zero-order chi connectivity index (χ0) is 14.8. The molecule has 20 heavy (non-hydrogen) atoms. The molecule has 1 N–H and O–H groups in total. The third-order valence-corrected chi connectivity index (χ3v) is 3.06. The van der Waals surface area contributed by atoms with E-state index in [0.29, 0.717) is 12.2 Å². The highest BCUT2D eigenvalue weighted by atomic mass is 16.5. The second-order valence-electron chi connectivity index (χ2n) is 5.86. The zero-order valence-corrected chi connectivity index (χ0v) is 12.4. The van der Waals surface area contributed by atoms with E-state index in [1.807, 2.05) is 45.0 Å². The maximum atomic E-state index is 11.8. The Balaban J connectivity index is 2.33. The predicted molar refractivity (Wildman–Crippen MR) is 79.4 cm³/mol. The van der Waals surface area contributed by atoms with Crippen molar-refractivity contribution >= 4 is 0 Å². The van der Waals surface area contributed by atoms with Crippen molar-refractivity contribution in [2.45, 2.75) is 32.6 Å². The molecule has 0 saturated heterocycles. The van der Waals surface area contributed by atoms with Gasteiger partial charge in [0.15, 0.2) is 0 Å². The van der Waals surface area contributed by atoms with Crippen LogP contribution in [0.5, 0.6) is 5.75 Å². The van der Waals surface area contributed by atoms with Crippen molar-refractivity contribution in [2.24, 2.45) is 0 Å². The van der Waals surface area contributed by atoms with Crippen LogP contribution >= 0.6 is 0 Å². The van der Waals surface area contributed by atoms with Gasteiger partial charge in [-0.2, -0.15) is 0 Å². The molecule has 0 aliphatic heterocycles. The maximum absolute atomic E-state index is 11.8. The first-order chi connectivity index (χ1) is 9.38. The van der Waals surface area contributed by atoms with Gasteiger partial charge in [-0.25, -0.2) is 4.98 Å². The number of H-pyrrole nitrogens is 1. The van der Waals surface area contributed by atoms with Gasteiger partial charge in [0.25, 0.3) is 5.56 Å². The summed E-state index contributed by atoms with van der Waals surface area (Å²) in [5.41, 5.74) is 1.61. The second-order valence-corrected chi connectivity index (χ2v) is 5.86. The van der Waals surface area contributed by atoms with Gasteiger partial charge in [-0.15, -0.1) is 0 Å². The summed E-state index contributed by atoms with van der Waals surface area (Å²) in [7, 11) is 1.64. The van der Waals surface area contributed by atoms with Crippen molar-refractivity contribution < 1.29 is 4.74 Å². The summed E-state index contributed by atoms with van der Waals surface area (Å²) in [6, 6.07) is 9.33. The van der Waals surface area contributed by atoms with E-state index in [4.69, 9.17) is 4.74 Å². The van der Waals surface area contributed by atoms with Gasteiger partial charge < -0.3 is 9.72 Å². The largest absolute Gasteiger partial charge is 0.497 e. The highest BCUT2D eigenvalue weighted by Gasteiger charge is 2.17. The lowest BCUT2D eigenvalue weighted by molar-refractivity contribution is 0.414. The van der Waals surface area contributed by atoms with Crippen LogP contribution in [-0.4, -0.2) is 17.1 Å². The standard InChI is InChI=1S/C16H20N2O2/c1-16(2,3)13-10-15(19)18-14(17-13)9-11-6-5-7-12(8-11)20-4/h5-8,10H,9H2,1-4H3,(H,17,18,19). The van der Waals surface area contributed by atoms with Gasteiger partial charge in [0.2, 0.25) is 0 Å². The van der Waals surface area contributed by atoms with Crippen LogP contribution in [0.15, 0.2) is 35.1 Å². The van der Waals surface area contributed by atoms with Gasteiger partial charge in [0.1, 0.15) is 11.6 Å². The molecule has 0 fully saturated rings. The number of methoxy groups -OCH3 is 1. The Labute approximate surface area is 118 Å². The summed E-state index contributed by atoms with van der Waals surface area (Å²) in [6.45, 7) is 6.14. The number of ether oxygens (including phenoxy) is 1. The van der Waals surface area contributed by atoms with E-state index in [-0.39, 0.29) is 11.0 Å². The van der Waals surface area contributed by atoms with E-state index < -0.39 is 0 Å². The number of hydrogen-bond acceptors (Lipinski definition) is 3. The topological polar surface area (TPSA) is 55.0 Å². The molecule has 1 aromatic heterocycles. The second kappa shape index (κ2) is 5.49. The molecule has 0 spiro atoms. The highest BCUT2D eigenvalue weighted by molar-refractivity contribution is 5.30. The van der Waals surface area contributed by atoms with Crippen molar-refractivity contribution in [1.82, 2.24) is 9.97 Å². The number of benzene rings is 1. The Morgan fingerprint density at radius 2 is 2.00 bits per heavy atom. The summed E-state index contributed by atoms with van der Waals surface area (Å²) >= 11 is 0. The fourth-order valence-electron chi connectivity index (χ4n) is 1.95. The fourth-order valence-corrected chi connectivity index (χ4v) is 1.95. The van der Waals surface area contributed by atoms with Gasteiger partial charge in [0.05, 0.1) is 12.8 Å². The molecule has 0 saturated carbocycles. The van der Waals surface area contributed by atoms with E-state index >= 15 is 0 Å². The third kappa shape index (κ3) is 3.47. The van der Waals surface area contributed by atoms with Crippen LogP contribution in [0.3, 0.4) is 0 Å². The van der Waals surface area contributed by atoms with Crippen molar-refractivity contribution in [3.63, 3.8) is 0 Å². The van der Waals surface area contributed by atoms with E-state index in [1.54, 1.807) is 13.2 Å². The number of hydrogen-bond donors (Lipinski definition) is 1. The number of aromatic nitrogens is 2. The van der Waals surface area contributed by atoms with Crippen molar-refractivity contribution in [3.8, 4) is 5.75 Å². The first-order valence-electron chi connectivity index (χ1n) is 6.62. The van der Waals surface area contributed by atoms with Crippen LogP contribution in [0.1, 0.15) is 37.9 Å². The van der Waals surface area contributed by atoms with E-state index in [0.717, 1.165) is 17.0 Å². The molecule has 0 bridgehead atoms. The first kappa shape index (κ1) is 14.3. The first-order valence-corrected chi connectivity index (χ1v) is 6.62. The van der Waals surface area contributed by atoms with Gasteiger partial charge >= 0.3 is 0 Å². The Hall–Kier alpha value is -2.10. The molecule has 2 aromatic rings. The lowest BCUT2D eigenvalue weighted by atomic mass is 9.92. The molecule has 106 valence electrons. The lowest BCUT2D eigenvalue weighted by Gasteiger charge is -2.17. The molecule has 4 heteroatoms. The Bertz CT molecular complexity index is 654. The average Bonchev–Trinajstić information content (AvgIpc) is 2.37. The van der Waals surface area contributed by atoms with Crippen molar-refractivity contribution in [1.29, 1.82) is 0 Å². The summed E-state index contributed by atoms with van der Waals surface area (Å²) in [5.74, 6) is 1.48. The minimum atomic E-state index is -0.141. The lowest BCUT2D eigenvalue weighted by Crippen LogP contribution is -2.21. The number of rotatable bonds is 3. The molecule has 0 unspecified atom stereocenters. The summed E-state index contributed by atoms with van der Waals surface area (Å²) in [4.78, 5) is 19.1. The molecule has 0 amide bonds. The van der Waals surface area contributed by atoms with Crippen LogP contribution in [0.25, 0.3) is 0 Å². The molecular weight excluding hydrogens is 252 g/mol. The molecule has 4 nitrogen and oxygen atoms in total. The number of nitrogens with one attached hydrogen (secondary N) is 1. The zero-order valence-electron chi connectivity index (χ0n) is 12.4. The third-order valence-electron chi connectivity index (χ3n) is 3.06. The Morgan fingerprint density at radius 3 is 2.65 bits per heavy atom. The average molecular weight is 272 g/mol. The molecule has 1 heterocycles. The normalized spacial score (nSPS) is 11.4. The van der Waals surface area contributed by atoms with Crippen LogP contribution < -0.4 is 10.3 Å². The smallest absolute Gasteiger partial charge is 0.251 e. The SMILES string of the molecule is COc1cccc(Cc2nc(C(C)(C)C)cc(=O)[nH]2)c1. The minimum Gasteiger partial charge on any atom is -0.497 e. The van der Waals surface area contributed by atoms with Crippen LogP contribution in [0, 0.1) is 0 Å². The fraction of sp³-hybridized carbons (Fsp3) is 0.375. The molecular formula is C16H20N2O2. The van der Waals surface area contributed by atoms with Crippen LogP contribution in [-0.2, 0) is 11.8 Å². The molecule has 0 radical (unpaired) electrons. The van der Waals surface area contributed by atoms with Crippen molar-refractivity contribution in [3.05, 3.63) is 57.8 Å². The Kier molecular flexibility index (Phi) is 3.93. The quantitative estimate of drug-likeness (QED) is 0.934. The van der Waals surface area contributed by atoms with Gasteiger partial charge in [-0.1, -0.05) is 32.9 Å². The van der Waals surface area contributed by atoms with E-state index in [9.17, 15) is 4.79 Å².